The number of amidine groups is 1. The number of nitrogens with two attached hydrogens (primary N) is 1. The molecular weight excluding hydrogens is 294 g/mol. The van der Waals surface area contributed by atoms with Crippen LogP contribution in [0.4, 0.5) is 0 Å². The SMILES string of the molecule is CS(=O)(=O)CCS(=O)(=O)N1CCCC(C(N)=NO)C1. The highest BCUT2D eigenvalue weighted by Gasteiger charge is 2.31. The van der Waals surface area contributed by atoms with E-state index in [0.717, 1.165) is 6.26 Å². The minimum absolute atomic E-state index is 0.00279. The van der Waals surface area contributed by atoms with E-state index in [1.165, 1.54) is 4.31 Å². The normalized spacial score (nSPS) is 23.4. The second-order valence-corrected chi connectivity index (χ2v) is 9.02. The summed E-state index contributed by atoms with van der Waals surface area (Å²) in [5.41, 5.74) is 5.48. The first kappa shape index (κ1) is 16.2. The Morgan fingerprint density at radius 3 is 2.53 bits per heavy atom. The Labute approximate surface area is 113 Å². The average Bonchev–Trinajstić information content (AvgIpc) is 2.35. The first-order valence-electron chi connectivity index (χ1n) is 5.78. The molecule has 1 aliphatic heterocycles. The smallest absolute Gasteiger partial charge is 0.215 e. The number of sulfone groups is 1. The highest BCUT2D eigenvalue weighted by Crippen LogP contribution is 2.19. The van der Waals surface area contributed by atoms with Crippen molar-refractivity contribution in [2.45, 2.75) is 12.8 Å². The molecule has 1 rings (SSSR count). The minimum atomic E-state index is -3.63. The topological polar surface area (TPSA) is 130 Å². The van der Waals surface area contributed by atoms with Crippen LogP contribution in [0.15, 0.2) is 5.16 Å². The lowest BCUT2D eigenvalue weighted by atomic mass is 9.99. The number of sulfonamides is 1. The van der Waals surface area contributed by atoms with Gasteiger partial charge in [-0.1, -0.05) is 5.16 Å². The van der Waals surface area contributed by atoms with Gasteiger partial charge in [-0.05, 0) is 12.8 Å². The quantitative estimate of drug-likeness (QED) is 0.284. The Balaban J connectivity index is 2.73. The Bertz CT molecular complexity index is 540. The molecule has 1 saturated heterocycles. The second kappa shape index (κ2) is 6.06. The molecule has 1 atom stereocenters. The van der Waals surface area contributed by atoms with Gasteiger partial charge in [-0.3, -0.25) is 0 Å². The standard InChI is InChI=1S/C9H19N3O5S2/c1-18(14,15)5-6-19(16,17)12-4-2-3-8(7-12)9(10)11-13/h8,13H,2-7H2,1H3,(H2,10,11). The molecule has 112 valence electrons. The van der Waals surface area contributed by atoms with Crippen molar-refractivity contribution < 1.29 is 22.0 Å². The van der Waals surface area contributed by atoms with Crippen molar-refractivity contribution in [3.63, 3.8) is 0 Å². The van der Waals surface area contributed by atoms with E-state index in [2.05, 4.69) is 5.16 Å². The maximum atomic E-state index is 12.0. The zero-order valence-corrected chi connectivity index (χ0v) is 12.3. The zero-order chi connectivity index (χ0) is 14.7. The van der Waals surface area contributed by atoms with Gasteiger partial charge in [0.25, 0.3) is 0 Å². The van der Waals surface area contributed by atoms with Crippen molar-refractivity contribution in [3.8, 4) is 0 Å². The predicted molar refractivity (Wildman–Crippen MR) is 71.2 cm³/mol. The molecule has 0 aromatic carbocycles. The van der Waals surface area contributed by atoms with Crippen molar-refractivity contribution in [1.29, 1.82) is 0 Å². The summed E-state index contributed by atoms with van der Waals surface area (Å²) in [5.74, 6) is -1.16. The Morgan fingerprint density at radius 2 is 2.00 bits per heavy atom. The lowest BCUT2D eigenvalue weighted by Gasteiger charge is -2.31. The first-order valence-corrected chi connectivity index (χ1v) is 9.45. The van der Waals surface area contributed by atoms with Crippen molar-refractivity contribution in [1.82, 2.24) is 4.31 Å². The highest BCUT2D eigenvalue weighted by molar-refractivity contribution is 7.93. The summed E-state index contributed by atoms with van der Waals surface area (Å²) in [6, 6.07) is 0. The molecule has 0 saturated carbocycles. The van der Waals surface area contributed by atoms with E-state index in [0.29, 0.717) is 19.4 Å². The summed E-state index contributed by atoms with van der Waals surface area (Å²) in [6.45, 7) is 0.462. The molecule has 1 fully saturated rings. The van der Waals surface area contributed by atoms with Crippen LogP contribution in [0, 0.1) is 5.92 Å². The van der Waals surface area contributed by atoms with E-state index in [-0.39, 0.29) is 18.3 Å². The predicted octanol–water partition coefficient (Wildman–Crippen LogP) is -1.18. The van der Waals surface area contributed by atoms with Crippen LogP contribution in [0.25, 0.3) is 0 Å². The van der Waals surface area contributed by atoms with Crippen molar-refractivity contribution in [2.24, 2.45) is 16.8 Å². The van der Waals surface area contributed by atoms with E-state index in [9.17, 15) is 16.8 Å². The molecule has 0 aliphatic carbocycles. The van der Waals surface area contributed by atoms with Crippen LogP contribution in [0.1, 0.15) is 12.8 Å². The fourth-order valence-corrected chi connectivity index (χ4v) is 5.03. The average molecular weight is 313 g/mol. The van der Waals surface area contributed by atoms with Gasteiger partial charge in [0.1, 0.15) is 15.7 Å². The summed E-state index contributed by atoms with van der Waals surface area (Å²) < 4.78 is 47.3. The van der Waals surface area contributed by atoms with Crippen molar-refractivity contribution in [2.75, 3.05) is 30.9 Å². The van der Waals surface area contributed by atoms with Gasteiger partial charge in [0.15, 0.2) is 0 Å². The van der Waals surface area contributed by atoms with Crippen LogP contribution >= 0.6 is 0 Å². The van der Waals surface area contributed by atoms with Crippen LogP contribution in [0.2, 0.25) is 0 Å². The van der Waals surface area contributed by atoms with Crippen LogP contribution in [0.5, 0.6) is 0 Å². The van der Waals surface area contributed by atoms with Gasteiger partial charge >= 0.3 is 0 Å². The molecule has 0 aromatic heterocycles. The molecule has 0 radical (unpaired) electrons. The number of piperidine rings is 1. The van der Waals surface area contributed by atoms with Crippen molar-refractivity contribution >= 4 is 25.7 Å². The van der Waals surface area contributed by atoms with E-state index >= 15 is 0 Å². The molecule has 0 amide bonds. The van der Waals surface area contributed by atoms with Crippen LogP contribution in [-0.4, -0.2) is 63.0 Å². The van der Waals surface area contributed by atoms with E-state index in [4.69, 9.17) is 10.9 Å². The molecule has 8 nitrogen and oxygen atoms in total. The lowest BCUT2D eigenvalue weighted by Crippen LogP contribution is -2.45. The van der Waals surface area contributed by atoms with Gasteiger partial charge in [0, 0.05) is 25.3 Å². The molecule has 10 heteroatoms. The third kappa shape index (κ3) is 4.96. The van der Waals surface area contributed by atoms with Crippen molar-refractivity contribution in [3.05, 3.63) is 0 Å². The Morgan fingerprint density at radius 1 is 1.37 bits per heavy atom. The van der Waals surface area contributed by atoms with Gasteiger partial charge in [0.2, 0.25) is 10.0 Å². The van der Waals surface area contributed by atoms with E-state index in [1.807, 2.05) is 0 Å². The van der Waals surface area contributed by atoms with Crippen LogP contribution in [-0.2, 0) is 19.9 Å². The number of oxime groups is 1. The number of hydrogen-bond donors (Lipinski definition) is 2. The molecule has 0 spiro atoms. The van der Waals surface area contributed by atoms with Crippen LogP contribution in [0.3, 0.4) is 0 Å². The maximum Gasteiger partial charge on any atom is 0.215 e. The summed E-state index contributed by atoms with van der Waals surface area (Å²) in [4.78, 5) is 0. The first-order chi connectivity index (χ1) is 8.65. The fourth-order valence-electron chi connectivity index (χ4n) is 1.90. The highest BCUT2D eigenvalue weighted by atomic mass is 32.2. The van der Waals surface area contributed by atoms with E-state index < -0.39 is 31.4 Å². The summed E-state index contributed by atoms with van der Waals surface area (Å²) in [6.07, 6.45) is 2.24. The monoisotopic (exact) mass is 313 g/mol. The summed E-state index contributed by atoms with van der Waals surface area (Å²) in [5, 5.41) is 11.5. The number of rotatable bonds is 5. The third-order valence-corrected chi connectivity index (χ3v) is 6.07. The van der Waals surface area contributed by atoms with Crippen LogP contribution < -0.4 is 5.73 Å². The Kier molecular flexibility index (Phi) is 5.16. The maximum absolute atomic E-state index is 12.0. The minimum Gasteiger partial charge on any atom is -0.409 e. The van der Waals surface area contributed by atoms with Gasteiger partial charge < -0.3 is 10.9 Å². The Hall–Kier alpha value is -0.870. The summed E-state index contributed by atoms with van der Waals surface area (Å²) in [7, 11) is -6.95. The molecular formula is C9H19N3O5S2. The number of hydrogen-bond acceptors (Lipinski definition) is 6. The van der Waals surface area contributed by atoms with Gasteiger partial charge in [-0.2, -0.15) is 0 Å². The lowest BCUT2D eigenvalue weighted by molar-refractivity contribution is 0.287. The molecule has 3 N–H and O–H groups in total. The number of nitrogens with zero attached hydrogens (tertiary/aromatic N) is 2. The third-order valence-electron chi connectivity index (χ3n) is 3.02. The fraction of sp³-hybridized carbons (Fsp3) is 0.889. The molecule has 19 heavy (non-hydrogen) atoms. The zero-order valence-electron chi connectivity index (χ0n) is 10.7. The molecule has 1 aliphatic rings. The molecule has 0 aromatic rings. The van der Waals surface area contributed by atoms with Gasteiger partial charge in [-0.25, -0.2) is 21.1 Å². The summed E-state index contributed by atoms with van der Waals surface area (Å²) >= 11 is 0. The molecule has 0 bridgehead atoms. The van der Waals surface area contributed by atoms with Gasteiger partial charge in [0.05, 0.1) is 11.5 Å². The molecule has 1 heterocycles. The molecule has 1 unspecified atom stereocenters. The van der Waals surface area contributed by atoms with Gasteiger partial charge in [-0.15, -0.1) is 0 Å². The second-order valence-electron chi connectivity index (χ2n) is 4.67. The largest absolute Gasteiger partial charge is 0.409 e. The van der Waals surface area contributed by atoms with E-state index in [1.54, 1.807) is 0 Å².